The van der Waals surface area contributed by atoms with E-state index < -0.39 is 0 Å². The summed E-state index contributed by atoms with van der Waals surface area (Å²) in [5, 5.41) is 3.42. The summed E-state index contributed by atoms with van der Waals surface area (Å²) in [7, 11) is 1.71. The molecule has 2 aliphatic heterocycles. The average molecular weight is 262 g/mol. The van der Waals surface area contributed by atoms with Gasteiger partial charge in [-0.05, 0) is 6.07 Å². The molecule has 0 saturated carbocycles. The van der Waals surface area contributed by atoms with Crippen molar-refractivity contribution in [2.24, 2.45) is 5.92 Å². The van der Waals surface area contributed by atoms with Crippen LogP contribution in [0.3, 0.4) is 0 Å². The Morgan fingerprint density at radius 3 is 2.84 bits per heavy atom. The molecule has 1 saturated heterocycles. The molecule has 0 aromatic heterocycles. The number of methoxy groups -OCH3 is 1. The van der Waals surface area contributed by atoms with Crippen LogP contribution in [0.15, 0.2) is 18.2 Å². The lowest BCUT2D eigenvalue weighted by molar-refractivity contribution is 0.0782. The molecule has 2 aliphatic rings. The molecule has 0 radical (unpaired) electrons. The minimum Gasteiger partial charge on any atom is -0.493 e. The van der Waals surface area contributed by atoms with Crippen molar-refractivity contribution >= 4 is 0 Å². The van der Waals surface area contributed by atoms with Crippen molar-refractivity contribution in [2.75, 3.05) is 39.9 Å². The quantitative estimate of drug-likeness (QED) is 0.879. The lowest BCUT2D eigenvalue weighted by Crippen LogP contribution is -2.48. The van der Waals surface area contributed by atoms with Crippen molar-refractivity contribution in [1.29, 1.82) is 0 Å². The van der Waals surface area contributed by atoms with Crippen LogP contribution in [0.4, 0.5) is 0 Å². The van der Waals surface area contributed by atoms with E-state index in [4.69, 9.17) is 9.47 Å². The van der Waals surface area contributed by atoms with Gasteiger partial charge in [0.25, 0.3) is 0 Å². The molecular formula is C15H22N2O2. The zero-order valence-corrected chi connectivity index (χ0v) is 11.7. The smallest absolute Gasteiger partial charge is 0.165 e. The van der Waals surface area contributed by atoms with Gasteiger partial charge in [0.15, 0.2) is 11.5 Å². The van der Waals surface area contributed by atoms with Gasteiger partial charge in [-0.1, -0.05) is 19.1 Å². The van der Waals surface area contributed by atoms with Crippen LogP contribution in [0.2, 0.25) is 0 Å². The minimum atomic E-state index is 0.445. The van der Waals surface area contributed by atoms with Crippen LogP contribution in [-0.4, -0.2) is 44.8 Å². The Hall–Kier alpha value is -1.26. The van der Waals surface area contributed by atoms with Gasteiger partial charge in [-0.2, -0.15) is 0 Å². The van der Waals surface area contributed by atoms with Crippen molar-refractivity contribution in [2.45, 2.75) is 13.0 Å². The number of hydrogen-bond donors (Lipinski definition) is 1. The molecule has 19 heavy (non-hydrogen) atoms. The fourth-order valence-corrected chi connectivity index (χ4v) is 3.21. The molecule has 2 unspecified atom stereocenters. The Bertz CT molecular complexity index is 444. The summed E-state index contributed by atoms with van der Waals surface area (Å²) in [5.41, 5.74) is 1.28. The van der Waals surface area contributed by atoms with Crippen LogP contribution in [0, 0.1) is 5.92 Å². The molecule has 104 valence electrons. The van der Waals surface area contributed by atoms with Gasteiger partial charge in [-0.3, -0.25) is 4.90 Å². The Balaban J connectivity index is 1.96. The normalized spacial score (nSPS) is 27.5. The van der Waals surface area contributed by atoms with Gasteiger partial charge in [0.2, 0.25) is 0 Å². The number of nitrogens with zero attached hydrogens (tertiary/aromatic N) is 1. The van der Waals surface area contributed by atoms with Crippen LogP contribution in [0.5, 0.6) is 11.5 Å². The third kappa shape index (κ3) is 2.30. The van der Waals surface area contributed by atoms with Gasteiger partial charge in [-0.15, -0.1) is 0 Å². The lowest BCUT2D eigenvalue weighted by atomic mass is 9.90. The highest BCUT2D eigenvalue weighted by atomic mass is 16.5. The fraction of sp³-hybridized carbons (Fsp3) is 0.600. The van der Waals surface area contributed by atoms with E-state index in [2.05, 4.69) is 29.3 Å². The minimum absolute atomic E-state index is 0.445. The number of fused-ring (bicyclic) bond motifs is 1. The number of ether oxygens (including phenoxy) is 2. The molecule has 1 N–H and O–H groups in total. The highest BCUT2D eigenvalue weighted by Gasteiger charge is 2.34. The van der Waals surface area contributed by atoms with E-state index in [-0.39, 0.29) is 0 Å². The molecule has 0 bridgehead atoms. The number of rotatable bonds is 2. The van der Waals surface area contributed by atoms with E-state index in [1.807, 2.05) is 6.07 Å². The highest BCUT2D eigenvalue weighted by Crippen LogP contribution is 2.43. The van der Waals surface area contributed by atoms with Crippen LogP contribution >= 0.6 is 0 Å². The summed E-state index contributed by atoms with van der Waals surface area (Å²) in [6.45, 7) is 7.39. The molecule has 4 heteroatoms. The number of nitrogens with one attached hydrogen (secondary N) is 1. The van der Waals surface area contributed by atoms with E-state index in [1.54, 1.807) is 7.11 Å². The molecule has 1 aromatic carbocycles. The molecule has 2 heterocycles. The van der Waals surface area contributed by atoms with E-state index in [0.717, 1.165) is 44.3 Å². The van der Waals surface area contributed by atoms with Gasteiger partial charge < -0.3 is 14.8 Å². The Labute approximate surface area is 114 Å². The Morgan fingerprint density at radius 2 is 2.11 bits per heavy atom. The second kappa shape index (κ2) is 5.39. The van der Waals surface area contributed by atoms with Gasteiger partial charge in [0, 0.05) is 43.7 Å². The Morgan fingerprint density at radius 1 is 1.32 bits per heavy atom. The van der Waals surface area contributed by atoms with Crippen molar-refractivity contribution in [3.05, 3.63) is 23.8 Å². The third-order valence-electron chi connectivity index (χ3n) is 4.12. The van der Waals surface area contributed by atoms with Crippen molar-refractivity contribution in [3.8, 4) is 11.5 Å². The molecule has 3 rings (SSSR count). The lowest BCUT2D eigenvalue weighted by Gasteiger charge is -2.41. The largest absolute Gasteiger partial charge is 0.493 e. The van der Waals surface area contributed by atoms with Gasteiger partial charge >= 0.3 is 0 Å². The van der Waals surface area contributed by atoms with Crippen molar-refractivity contribution < 1.29 is 9.47 Å². The molecule has 1 aromatic rings. The standard InChI is InChI=1S/C15H22N2O2/c1-11-10-19-15-12(4-3-5-13(15)18-2)14(11)17-8-6-16-7-9-17/h3-5,11,14,16H,6-10H2,1-2H3. The average Bonchev–Trinajstić information content (AvgIpc) is 2.47. The van der Waals surface area contributed by atoms with E-state index in [9.17, 15) is 0 Å². The van der Waals surface area contributed by atoms with Gasteiger partial charge in [0.1, 0.15) is 0 Å². The first-order chi connectivity index (χ1) is 9.31. The van der Waals surface area contributed by atoms with Crippen molar-refractivity contribution in [1.82, 2.24) is 10.2 Å². The topological polar surface area (TPSA) is 33.7 Å². The summed E-state index contributed by atoms with van der Waals surface area (Å²) in [4.78, 5) is 2.57. The zero-order valence-electron chi connectivity index (χ0n) is 11.7. The number of piperazine rings is 1. The summed E-state index contributed by atoms with van der Waals surface area (Å²) in [5.74, 6) is 2.30. The molecule has 2 atom stereocenters. The first-order valence-corrected chi connectivity index (χ1v) is 7.05. The summed E-state index contributed by atoms with van der Waals surface area (Å²) in [6, 6.07) is 6.67. The SMILES string of the molecule is COc1cccc2c1OCC(C)C2N1CCNCC1. The monoisotopic (exact) mass is 262 g/mol. The van der Waals surface area contributed by atoms with E-state index >= 15 is 0 Å². The molecule has 0 amide bonds. The first-order valence-electron chi connectivity index (χ1n) is 7.05. The van der Waals surface area contributed by atoms with Crippen LogP contribution in [0.1, 0.15) is 18.5 Å². The molecular weight excluding hydrogens is 240 g/mol. The summed E-state index contributed by atoms with van der Waals surface area (Å²) < 4.78 is 11.3. The van der Waals surface area contributed by atoms with Crippen LogP contribution < -0.4 is 14.8 Å². The van der Waals surface area contributed by atoms with Crippen LogP contribution in [0.25, 0.3) is 0 Å². The second-order valence-corrected chi connectivity index (χ2v) is 5.40. The molecule has 1 fully saturated rings. The number of hydrogen-bond acceptors (Lipinski definition) is 4. The molecule has 0 aliphatic carbocycles. The Kier molecular flexibility index (Phi) is 3.62. The zero-order chi connectivity index (χ0) is 13.2. The van der Waals surface area contributed by atoms with Gasteiger partial charge in [0.05, 0.1) is 13.7 Å². The van der Waals surface area contributed by atoms with Crippen molar-refractivity contribution in [3.63, 3.8) is 0 Å². The van der Waals surface area contributed by atoms with E-state index in [0.29, 0.717) is 12.0 Å². The number of benzene rings is 1. The first kappa shape index (κ1) is 12.8. The third-order valence-corrected chi connectivity index (χ3v) is 4.12. The van der Waals surface area contributed by atoms with Crippen LogP contribution in [-0.2, 0) is 0 Å². The van der Waals surface area contributed by atoms with E-state index in [1.165, 1.54) is 5.56 Å². The summed E-state index contributed by atoms with van der Waals surface area (Å²) in [6.07, 6.45) is 0. The maximum Gasteiger partial charge on any atom is 0.165 e. The fourth-order valence-electron chi connectivity index (χ4n) is 3.21. The maximum atomic E-state index is 5.91. The predicted octanol–water partition coefficient (Wildman–Crippen LogP) is 1.67. The van der Waals surface area contributed by atoms with Gasteiger partial charge in [-0.25, -0.2) is 0 Å². The molecule has 0 spiro atoms. The second-order valence-electron chi connectivity index (χ2n) is 5.40. The maximum absolute atomic E-state index is 5.91. The summed E-state index contributed by atoms with van der Waals surface area (Å²) >= 11 is 0. The number of para-hydroxylation sites is 1. The molecule has 4 nitrogen and oxygen atoms in total. The predicted molar refractivity (Wildman–Crippen MR) is 74.8 cm³/mol. The highest BCUT2D eigenvalue weighted by molar-refractivity contribution is 5.49.